The number of hydrogen-bond donors (Lipinski definition) is 0. The highest BCUT2D eigenvalue weighted by atomic mass is 14.7. The molecule has 0 fully saturated rings. The molecule has 1 nitrogen and oxygen atoms in total. The van der Waals surface area contributed by atoms with E-state index in [0.717, 1.165) is 18.5 Å². The molecule has 0 aliphatic carbocycles. The fourth-order valence-electron chi connectivity index (χ4n) is 2.20. The lowest BCUT2D eigenvalue weighted by Crippen LogP contribution is -1.93. The van der Waals surface area contributed by atoms with Crippen LogP contribution < -0.4 is 0 Å². The molecule has 0 N–H and O–H groups in total. The number of aliphatic imine (C=N–C) groups is 1. The van der Waals surface area contributed by atoms with Crippen LogP contribution in [-0.4, -0.2) is 6.21 Å². The third-order valence-corrected chi connectivity index (χ3v) is 3.24. The van der Waals surface area contributed by atoms with Crippen molar-refractivity contribution in [1.29, 1.82) is 0 Å². The number of nitrogens with zero attached hydrogens (tertiary/aromatic N) is 1. The Kier molecular flexibility index (Phi) is 2.52. The summed E-state index contributed by atoms with van der Waals surface area (Å²) in [6.45, 7) is 2.11. The minimum atomic E-state index is 1.07. The number of aryl methyl sites for hydroxylation is 2. The average Bonchev–Trinajstić information content (AvgIpc) is 2.39. The molecule has 1 heteroatoms. The summed E-state index contributed by atoms with van der Waals surface area (Å²) in [6, 6.07) is 15.2. The van der Waals surface area contributed by atoms with Crippen LogP contribution in [0.15, 0.2) is 47.5 Å². The van der Waals surface area contributed by atoms with Gasteiger partial charge in [0.2, 0.25) is 0 Å². The van der Waals surface area contributed by atoms with Crippen LogP contribution in [0.2, 0.25) is 0 Å². The predicted molar refractivity (Wildman–Crippen MR) is 73.1 cm³/mol. The van der Waals surface area contributed by atoms with Gasteiger partial charge in [-0.15, -0.1) is 0 Å². The van der Waals surface area contributed by atoms with Crippen LogP contribution in [0, 0.1) is 6.92 Å². The summed E-state index contributed by atoms with van der Waals surface area (Å²) >= 11 is 0. The van der Waals surface area contributed by atoms with Gasteiger partial charge in [-0.05, 0) is 42.5 Å². The van der Waals surface area contributed by atoms with E-state index in [-0.39, 0.29) is 0 Å². The van der Waals surface area contributed by atoms with Gasteiger partial charge >= 0.3 is 0 Å². The minimum Gasteiger partial charge on any atom is -0.261 e. The summed E-state index contributed by atoms with van der Waals surface area (Å²) in [5.41, 5.74) is 6.31. The number of fused-ring (bicyclic) bond motifs is 1. The summed E-state index contributed by atoms with van der Waals surface area (Å²) in [5, 5.41) is 0. The summed E-state index contributed by atoms with van der Waals surface area (Å²) in [6.07, 6.45) is 4.20. The maximum Gasteiger partial charge on any atom is 0.0663 e. The lowest BCUT2D eigenvalue weighted by Gasteiger charge is -2.11. The standard InChI is InChI=1S/C16H15N/c1-12-4-6-13(7-5-12)15-9-8-14-3-2-10-17-16(14)11-15/h4-11H,2-3H2,1H3. The minimum absolute atomic E-state index is 1.07. The molecule has 0 atom stereocenters. The number of hydrogen-bond acceptors (Lipinski definition) is 1. The predicted octanol–water partition coefficient (Wildman–Crippen LogP) is 4.31. The normalized spacial score (nSPS) is 13.5. The second-order valence-electron chi connectivity index (χ2n) is 4.56. The highest BCUT2D eigenvalue weighted by molar-refractivity contribution is 5.74. The van der Waals surface area contributed by atoms with Gasteiger partial charge in [0.15, 0.2) is 0 Å². The molecule has 0 saturated carbocycles. The molecule has 1 heterocycles. The molecule has 0 radical (unpaired) electrons. The van der Waals surface area contributed by atoms with Crippen molar-refractivity contribution in [2.45, 2.75) is 19.8 Å². The van der Waals surface area contributed by atoms with E-state index < -0.39 is 0 Å². The second kappa shape index (κ2) is 4.17. The Hall–Kier alpha value is -1.89. The smallest absolute Gasteiger partial charge is 0.0663 e. The van der Waals surface area contributed by atoms with E-state index in [1.54, 1.807) is 0 Å². The third kappa shape index (κ3) is 2.01. The van der Waals surface area contributed by atoms with Gasteiger partial charge in [0, 0.05) is 6.21 Å². The Balaban J connectivity index is 2.05. The Morgan fingerprint density at radius 1 is 0.941 bits per heavy atom. The Bertz CT molecular complexity index is 565. The zero-order valence-corrected chi connectivity index (χ0v) is 9.98. The monoisotopic (exact) mass is 221 g/mol. The van der Waals surface area contributed by atoms with Gasteiger partial charge in [0.1, 0.15) is 0 Å². The van der Waals surface area contributed by atoms with Crippen LogP contribution in [0.4, 0.5) is 5.69 Å². The Morgan fingerprint density at radius 2 is 1.71 bits per heavy atom. The first-order valence-electron chi connectivity index (χ1n) is 6.05. The van der Waals surface area contributed by atoms with Crippen LogP contribution >= 0.6 is 0 Å². The molecule has 84 valence electrons. The maximum atomic E-state index is 4.47. The van der Waals surface area contributed by atoms with E-state index in [0.29, 0.717) is 0 Å². The maximum absolute atomic E-state index is 4.47. The van der Waals surface area contributed by atoms with Gasteiger partial charge in [0.25, 0.3) is 0 Å². The van der Waals surface area contributed by atoms with Crippen molar-refractivity contribution in [1.82, 2.24) is 0 Å². The fraction of sp³-hybridized carbons (Fsp3) is 0.188. The first kappa shape index (κ1) is 10.3. The number of benzene rings is 2. The van der Waals surface area contributed by atoms with Crippen molar-refractivity contribution in [3.8, 4) is 11.1 Å². The fourth-order valence-corrected chi connectivity index (χ4v) is 2.20. The van der Waals surface area contributed by atoms with Crippen LogP contribution in [0.3, 0.4) is 0 Å². The quantitative estimate of drug-likeness (QED) is 0.680. The van der Waals surface area contributed by atoms with Crippen molar-refractivity contribution in [2.24, 2.45) is 4.99 Å². The molecule has 0 aromatic heterocycles. The zero-order chi connectivity index (χ0) is 11.7. The molecule has 0 saturated heterocycles. The molecular formula is C16H15N. The van der Waals surface area contributed by atoms with Gasteiger partial charge in [0.05, 0.1) is 5.69 Å². The molecule has 2 aromatic rings. The SMILES string of the molecule is Cc1ccc(-c2ccc3c(c2)N=CCC3)cc1. The first-order valence-corrected chi connectivity index (χ1v) is 6.05. The lowest BCUT2D eigenvalue weighted by atomic mass is 9.98. The molecule has 1 aliphatic rings. The summed E-state index contributed by atoms with van der Waals surface area (Å²) in [5.74, 6) is 0. The molecular weight excluding hydrogens is 206 g/mol. The van der Waals surface area contributed by atoms with Crippen molar-refractivity contribution in [3.05, 3.63) is 53.6 Å². The molecule has 17 heavy (non-hydrogen) atoms. The van der Waals surface area contributed by atoms with Gasteiger partial charge in [-0.3, -0.25) is 4.99 Å². The topological polar surface area (TPSA) is 12.4 Å². The van der Waals surface area contributed by atoms with E-state index in [9.17, 15) is 0 Å². The molecule has 0 unspecified atom stereocenters. The highest BCUT2D eigenvalue weighted by Crippen LogP contribution is 2.30. The van der Waals surface area contributed by atoms with Gasteiger partial charge in [-0.1, -0.05) is 42.0 Å². The van der Waals surface area contributed by atoms with E-state index in [4.69, 9.17) is 0 Å². The molecule has 0 bridgehead atoms. The summed E-state index contributed by atoms with van der Waals surface area (Å²) in [4.78, 5) is 4.47. The number of rotatable bonds is 1. The van der Waals surface area contributed by atoms with E-state index in [2.05, 4.69) is 54.4 Å². The van der Waals surface area contributed by atoms with E-state index >= 15 is 0 Å². The second-order valence-corrected chi connectivity index (χ2v) is 4.56. The summed E-state index contributed by atoms with van der Waals surface area (Å²) in [7, 11) is 0. The lowest BCUT2D eigenvalue weighted by molar-refractivity contribution is 1.03. The Morgan fingerprint density at radius 3 is 2.53 bits per heavy atom. The van der Waals surface area contributed by atoms with Crippen molar-refractivity contribution < 1.29 is 0 Å². The molecule has 0 spiro atoms. The van der Waals surface area contributed by atoms with Gasteiger partial charge in [-0.25, -0.2) is 0 Å². The molecule has 1 aliphatic heterocycles. The highest BCUT2D eigenvalue weighted by Gasteiger charge is 2.07. The molecule has 0 amide bonds. The largest absolute Gasteiger partial charge is 0.261 e. The van der Waals surface area contributed by atoms with E-state index in [1.807, 2.05) is 6.21 Å². The third-order valence-electron chi connectivity index (χ3n) is 3.24. The van der Waals surface area contributed by atoms with Gasteiger partial charge < -0.3 is 0 Å². The van der Waals surface area contributed by atoms with Crippen LogP contribution in [0.25, 0.3) is 11.1 Å². The van der Waals surface area contributed by atoms with Gasteiger partial charge in [-0.2, -0.15) is 0 Å². The molecule has 3 rings (SSSR count). The average molecular weight is 221 g/mol. The van der Waals surface area contributed by atoms with Crippen molar-refractivity contribution >= 4 is 11.9 Å². The van der Waals surface area contributed by atoms with Crippen LogP contribution in [0.5, 0.6) is 0 Å². The van der Waals surface area contributed by atoms with Crippen molar-refractivity contribution in [2.75, 3.05) is 0 Å². The van der Waals surface area contributed by atoms with Crippen LogP contribution in [0.1, 0.15) is 17.5 Å². The van der Waals surface area contributed by atoms with E-state index in [1.165, 1.54) is 22.3 Å². The zero-order valence-electron chi connectivity index (χ0n) is 9.98. The van der Waals surface area contributed by atoms with Crippen LogP contribution in [-0.2, 0) is 6.42 Å². The molecule has 2 aromatic carbocycles. The summed E-state index contributed by atoms with van der Waals surface area (Å²) < 4.78 is 0. The van der Waals surface area contributed by atoms with Crippen molar-refractivity contribution in [3.63, 3.8) is 0 Å². The first-order chi connectivity index (χ1) is 8.33. The Labute approximate surface area is 102 Å².